The zero-order chi connectivity index (χ0) is 19.7. The van der Waals surface area contributed by atoms with E-state index in [0.717, 1.165) is 13.7 Å². The Morgan fingerprint density at radius 1 is 0.808 bits per heavy atom. The summed E-state index contributed by atoms with van der Waals surface area (Å²) in [6, 6.07) is 0. The molecule has 0 radical (unpaired) electrons. The van der Waals surface area contributed by atoms with Gasteiger partial charge in [-0.15, -0.1) is 0 Å². The number of rotatable bonds is 10. The first-order valence-corrected chi connectivity index (χ1v) is 9.03. The smallest absolute Gasteiger partial charge is 0.336 e. The molecule has 1 aromatic rings. The van der Waals surface area contributed by atoms with Gasteiger partial charge in [-0.2, -0.15) is 25.3 Å². The summed E-state index contributed by atoms with van der Waals surface area (Å²) in [7, 11) is 1.26. The molecule has 0 saturated carbocycles. The highest BCUT2D eigenvalue weighted by molar-refractivity contribution is 7.81. The number of carbonyl (C=O) groups is 2. The molecule has 1 heterocycles. The van der Waals surface area contributed by atoms with E-state index >= 15 is 0 Å². The average molecular weight is 407 g/mol. The highest BCUT2D eigenvalue weighted by atomic mass is 32.1. The Labute approximate surface area is 159 Å². The van der Waals surface area contributed by atoms with Crippen molar-refractivity contribution in [2.24, 2.45) is 7.05 Å². The third-order valence-corrected chi connectivity index (χ3v) is 3.85. The topological polar surface area (TPSA) is 119 Å². The van der Waals surface area contributed by atoms with E-state index in [1.807, 2.05) is 0 Å². The molecule has 0 saturated heterocycles. The highest BCUT2D eigenvalue weighted by Crippen LogP contribution is 1.90. The van der Waals surface area contributed by atoms with Crippen molar-refractivity contribution in [2.45, 2.75) is 25.9 Å². The Balaban J connectivity index is 2.85. The zero-order valence-corrected chi connectivity index (χ0v) is 16.0. The molecule has 0 aromatic carbocycles. The van der Waals surface area contributed by atoms with Crippen molar-refractivity contribution in [1.82, 2.24) is 13.7 Å². The van der Waals surface area contributed by atoms with Crippen LogP contribution in [0.25, 0.3) is 0 Å². The van der Waals surface area contributed by atoms with E-state index in [2.05, 4.69) is 25.3 Å². The predicted octanol–water partition coefficient (Wildman–Crippen LogP) is -1.57. The Hall–Kier alpha value is -1.95. The molecule has 0 fully saturated rings. The van der Waals surface area contributed by atoms with E-state index in [1.54, 1.807) is 0 Å². The molecular weight excluding hydrogens is 386 g/mol. The van der Waals surface area contributed by atoms with Crippen LogP contribution in [0.5, 0.6) is 0 Å². The van der Waals surface area contributed by atoms with Crippen LogP contribution in [0.2, 0.25) is 0 Å². The first-order valence-electron chi connectivity index (χ1n) is 7.77. The van der Waals surface area contributed by atoms with Gasteiger partial charge in [0.2, 0.25) is 0 Å². The molecule has 0 atom stereocenters. The molecule has 0 N–H and O–H groups in total. The number of hydrogen-bond donors (Lipinski definition) is 2. The molecule has 26 heavy (non-hydrogen) atoms. The van der Waals surface area contributed by atoms with Gasteiger partial charge in [-0.1, -0.05) is 0 Å². The second-order valence-electron chi connectivity index (χ2n) is 5.17. The Morgan fingerprint density at radius 3 is 1.54 bits per heavy atom. The molecule has 0 aliphatic heterocycles. The molecule has 10 nitrogen and oxygen atoms in total. The molecule has 0 unspecified atom stereocenters. The van der Waals surface area contributed by atoms with Crippen LogP contribution in [0.4, 0.5) is 0 Å². The largest absolute Gasteiger partial charge is 0.465 e. The predicted molar refractivity (Wildman–Crippen MR) is 99.1 cm³/mol. The number of thiol groups is 2. The SMILES string of the molecule is Cn1c(=O)n(CCCOC(=O)CS)c(=O)n(CCCOC(=O)CS)c1=O. The molecule has 0 aliphatic rings. The summed E-state index contributed by atoms with van der Waals surface area (Å²) in [5.41, 5.74) is -2.27. The highest BCUT2D eigenvalue weighted by Gasteiger charge is 2.13. The summed E-state index contributed by atoms with van der Waals surface area (Å²) in [5, 5.41) is 0. The normalized spacial score (nSPS) is 10.6. The van der Waals surface area contributed by atoms with Gasteiger partial charge in [0.25, 0.3) is 0 Å². The van der Waals surface area contributed by atoms with Crippen LogP contribution in [0.1, 0.15) is 12.8 Å². The lowest BCUT2D eigenvalue weighted by Gasteiger charge is -2.12. The minimum Gasteiger partial charge on any atom is -0.465 e. The standard InChI is InChI=1S/C14H21N3O7S2/c1-15-12(20)16(4-2-6-23-10(18)8-25)14(22)17(13(15)21)5-3-7-24-11(19)9-26/h25-26H,2-9H2,1H3. The van der Waals surface area contributed by atoms with E-state index in [0.29, 0.717) is 0 Å². The van der Waals surface area contributed by atoms with Gasteiger partial charge >= 0.3 is 29.0 Å². The van der Waals surface area contributed by atoms with Gasteiger partial charge < -0.3 is 9.47 Å². The molecule has 146 valence electrons. The zero-order valence-electron chi connectivity index (χ0n) is 14.3. The molecule has 12 heteroatoms. The van der Waals surface area contributed by atoms with Crippen LogP contribution in [-0.2, 0) is 39.2 Å². The molecule has 0 spiro atoms. The Bertz CT molecular complexity index is 750. The van der Waals surface area contributed by atoms with E-state index in [1.165, 1.54) is 7.05 Å². The Morgan fingerprint density at radius 2 is 1.19 bits per heavy atom. The van der Waals surface area contributed by atoms with E-state index in [9.17, 15) is 24.0 Å². The maximum Gasteiger partial charge on any atom is 0.336 e. The minimum atomic E-state index is -0.765. The molecule has 0 aliphatic carbocycles. The summed E-state index contributed by atoms with van der Waals surface area (Å²) in [6.07, 6.45) is 0.457. The van der Waals surface area contributed by atoms with Gasteiger partial charge in [0, 0.05) is 20.1 Å². The molecule has 0 amide bonds. The second kappa shape index (κ2) is 10.9. The first kappa shape index (κ1) is 22.1. The van der Waals surface area contributed by atoms with Crippen LogP contribution in [-0.4, -0.2) is 50.4 Å². The van der Waals surface area contributed by atoms with Gasteiger partial charge in [-0.25, -0.2) is 28.1 Å². The first-order chi connectivity index (χ1) is 12.3. The van der Waals surface area contributed by atoms with Crippen molar-refractivity contribution in [2.75, 3.05) is 24.7 Å². The molecular formula is C14H21N3O7S2. The lowest BCUT2D eigenvalue weighted by atomic mass is 10.4. The van der Waals surface area contributed by atoms with Gasteiger partial charge in [0.15, 0.2) is 0 Å². The molecule has 0 bridgehead atoms. The van der Waals surface area contributed by atoms with E-state index in [-0.39, 0.29) is 50.7 Å². The summed E-state index contributed by atoms with van der Waals surface area (Å²) in [4.78, 5) is 58.7. The van der Waals surface area contributed by atoms with Crippen molar-refractivity contribution < 1.29 is 19.1 Å². The second-order valence-corrected chi connectivity index (χ2v) is 5.81. The van der Waals surface area contributed by atoms with E-state index < -0.39 is 29.0 Å². The number of esters is 2. The quantitative estimate of drug-likeness (QED) is 0.273. The van der Waals surface area contributed by atoms with Gasteiger partial charge in [0.05, 0.1) is 24.7 Å². The van der Waals surface area contributed by atoms with Crippen LogP contribution >= 0.6 is 25.3 Å². The maximum atomic E-state index is 12.4. The summed E-state index contributed by atoms with van der Waals surface area (Å²) in [6.45, 7) is 0.0160. The van der Waals surface area contributed by atoms with Gasteiger partial charge in [-0.05, 0) is 12.8 Å². The van der Waals surface area contributed by atoms with Crippen LogP contribution in [0, 0.1) is 0 Å². The fourth-order valence-electron chi connectivity index (χ4n) is 2.04. The third kappa shape index (κ3) is 6.09. The minimum absolute atomic E-state index is 0.0136. The average Bonchev–Trinajstić information content (AvgIpc) is 2.64. The van der Waals surface area contributed by atoms with Crippen LogP contribution in [0.3, 0.4) is 0 Å². The van der Waals surface area contributed by atoms with Gasteiger partial charge in [-0.3, -0.25) is 9.59 Å². The van der Waals surface area contributed by atoms with Crippen molar-refractivity contribution in [3.63, 3.8) is 0 Å². The number of hydrogen-bond acceptors (Lipinski definition) is 9. The number of carbonyl (C=O) groups excluding carboxylic acids is 2. The number of ether oxygens (including phenoxy) is 2. The van der Waals surface area contributed by atoms with Crippen LogP contribution < -0.4 is 17.1 Å². The number of aromatic nitrogens is 3. The summed E-state index contributed by atoms with van der Waals surface area (Å²) in [5.74, 6) is -1.14. The Kier molecular flexibility index (Phi) is 9.27. The number of nitrogens with zero attached hydrogens (tertiary/aromatic N) is 3. The third-order valence-electron chi connectivity index (χ3n) is 3.33. The molecule has 1 aromatic heterocycles. The van der Waals surface area contributed by atoms with E-state index in [4.69, 9.17) is 9.47 Å². The van der Waals surface area contributed by atoms with Crippen LogP contribution in [0.15, 0.2) is 14.4 Å². The fourth-order valence-corrected chi connectivity index (χ4v) is 2.23. The lowest BCUT2D eigenvalue weighted by molar-refractivity contribution is -0.141. The van der Waals surface area contributed by atoms with Crippen molar-refractivity contribution in [3.8, 4) is 0 Å². The summed E-state index contributed by atoms with van der Waals surface area (Å²) < 4.78 is 12.3. The summed E-state index contributed by atoms with van der Waals surface area (Å²) >= 11 is 7.52. The monoisotopic (exact) mass is 407 g/mol. The van der Waals surface area contributed by atoms with Crippen molar-refractivity contribution in [1.29, 1.82) is 0 Å². The van der Waals surface area contributed by atoms with Crippen molar-refractivity contribution in [3.05, 3.63) is 31.5 Å². The van der Waals surface area contributed by atoms with Gasteiger partial charge in [0.1, 0.15) is 0 Å². The van der Waals surface area contributed by atoms with Crippen molar-refractivity contribution >= 4 is 37.2 Å². The fraction of sp³-hybridized carbons (Fsp3) is 0.643. The molecule has 1 rings (SSSR count). The lowest BCUT2D eigenvalue weighted by Crippen LogP contribution is -2.53. The maximum absolute atomic E-state index is 12.4.